The minimum atomic E-state index is -1.01. The molecule has 0 aliphatic heterocycles. The molecule has 0 saturated heterocycles. The first-order chi connectivity index (χ1) is 9.24. The molecule has 20 heavy (non-hydrogen) atoms. The summed E-state index contributed by atoms with van der Waals surface area (Å²) in [6.07, 6.45) is -0.715. The van der Waals surface area contributed by atoms with E-state index in [1.807, 2.05) is 0 Å². The van der Waals surface area contributed by atoms with Crippen LogP contribution in [0.4, 0.5) is 4.79 Å². The maximum absolute atomic E-state index is 11.8. The Labute approximate surface area is 123 Å². The summed E-state index contributed by atoms with van der Waals surface area (Å²) in [5.41, 5.74) is -0.211. The van der Waals surface area contributed by atoms with Crippen LogP contribution in [0.25, 0.3) is 0 Å². The smallest absolute Gasteiger partial charge is 0.408 e. The maximum atomic E-state index is 11.8. The molecule has 0 saturated carbocycles. The summed E-state index contributed by atoms with van der Waals surface area (Å²) in [5.74, 6) is -0.621. The third kappa shape index (κ3) is 4.74. The fourth-order valence-corrected chi connectivity index (χ4v) is 1.76. The van der Waals surface area contributed by atoms with Crippen molar-refractivity contribution in [3.8, 4) is 0 Å². The number of methoxy groups -OCH3 is 1. The van der Waals surface area contributed by atoms with E-state index in [-0.39, 0.29) is 0 Å². The van der Waals surface area contributed by atoms with Gasteiger partial charge >= 0.3 is 12.1 Å². The Balaban J connectivity index is 2.95. The second-order valence-corrected chi connectivity index (χ2v) is 5.53. The number of benzene rings is 1. The Morgan fingerprint density at radius 1 is 1.25 bits per heavy atom. The quantitative estimate of drug-likeness (QED) is 0.871. The van der Waals surface area contributed by atoms with Crippen LogP contribution in [0.2, 0.25) is 5.02 Å². The number of amides is 1. The monoisotopic (exact) mass is 299 g/mol. The highest BCUT2D eigenvalue weighted by atomic mass is 35.5. The lowest BCUT2D eigenvalue weighted by molar-refractivity contribution is -0.143. The number of hydrogen-bond acceptors (Lipinski definition) is 4. The minimum Gasteiger partial charge on any atom is -0.467 e. The van der Waals surface area contributed by atoms with Crippen molar-refractivity contribution in [1.29, 1.82) is 0 Å². The van der Waals surface area contributed by atoms with Crippen molar-refractivity contribution < 1.29 is 19.1 Å². The van der Waals surface area contributed by atoms with Gasteiger partial charge in [0.05, 0.1) is 7.11 Å². The molecule has 5 nitrogen and oxygen atoms in total. The number of carbonyl (C=O) groups excluding carboxylic acids is 2. The second kappa shape index (κ2) is 6.61. The predicted octanol–water partition coefficient (Wildman–Crippen LogP) is 3.08. The molecule has 0 aliphatic carbocycles. The highest BCUT2D eigenvalue weighted by molar-refractivity contribution is 6.31. The molecule has 1 aromatic carbocycles. The van der Waals surface area contributed by atoms with Crippen molar-refractivity contribution in [1.82, 2.24) is 5.32 Å². The van der Waals surface area contributed by atoms with Crippen molar-refractivity contribution in [3.63, 3.8) is 0 Å². The Hall–Kier alpha value is -1.75. The fourth-order valence-electron chi connectivity index (χ4n) is 1.52. The lowest BCUT2D eigenvalue weighted by Crippen LogP contribution is -2.38. The van der Waals surface area contributed by atoms with Gasteiger partial charge in [-0.3, -0.25) is 0 Å². The SMILES string of the molecule is COC(=O)C(NC(=O)OC(C)(C)C)c1ccccc1Cl. The van der Waals surface area contributed by atoms with Crippen LogP contribution in [0, 0.1) is 0 Å². The van der Waals surface area contributed by atoms with E-state index in [0.717, 1.165) is 0 Å². The molecule has 110 valence electrons. The Morgan fingerprint density at radius 2 is 1.85 bits per heavy atom. The number of nitrogens with one attached hydrogen (secondary N) is 1. The standard InChI is InChI=1S/C14H18ClNO4/c1-14(2,3)20-13(18)16-11(12(17)19-4)9-7-5-6-8-10(9)15/h5-8,11H,1-4H3,(H,16,18). The average Bonchev–Trinajstić information content (AvgIpc) is 2.34. The molecule has 0 spiro atoms. The van der Waals surface area contributed by atoms with Gasteiger partial charge in [0.2, 0.25) is 0 Å². The van der Waals surface area contributed by atoms with Gasteiger partial charge in [-0.05, 0) is 26.8 Å². The maximum Gasteiger partial charge on any atom is 0.408 e. The Kier molecular flexibility index (Phi) is 5.39. The summed E-state index contributed by atoms with van der Waals surface area (Å²) >= 11 is 6.04. The normalized spacial score (nSPS) is 12.4. The van der Waals surface area contributed by atoms with Crippen LogP contribution in [0.3, 0.4) is 0 Å². The van der Waals surface area contributed by atoms with E-state index in [2.05, 4.69) is 10.1 Å². The van der Waals surface area contributed by atoms with Crippen LogP contribution in [-0.4, -0.2) is 24.8 Å². The van der Waals surface area contributed by atoms with Crippen molar-refractivity contribution >= 4 is 23.7 Å². The van der Waals surface area contributed by atoms with Gasteiger partial charge in [0.1, 0.15) is 5.60 Å². The molecule has 0 aromatic heterocycles. The van der Waals surface area contributed by atoms with Crippen LogP contribution < -0.4 is 5.32 Å². The largest absolute Gasteiger partial charge is 0.467 e. The number of esters is 1. The molecule has 1 rings (SSSR count). The van der Waals surface area contributed by atoms with E-state index >= 15 is 0 Å². The number of halogens is 1. The number of alkyl carbamates (subject to hydrolysis) is 1. The number of ether oxygens (including phenoxy) is 2. The van der Waals surface area contributed by atoms with E-state index in [1.165, 1.54) is 7.11 Å². The van der Waals surface area contributed by atoms with E-state index in [1.54, 1.807) is 45.0 Å². The van der Waals surface area contributed by atoms with Gasteiger partial charge in [0.15, 0.2) is 6.04 Å². The fraction of sp³-hybridized carbons (Fsp3) is 0.429. The summed E-state index contributed by atoms with van der Waals surface area (Å²) in [6.45, 7) is 5.19. The molecular weight excluding hydrogens is 282 g/mol. The van der Waals surface area contributed by atoms with Crippen molar-refractivity contribution in [2.24, 2.45) is 0 Å². The van der Waals surface area contributed by atoms with Gasteiger partial charge in [0.25, 0.3) is 0 Å². The third-order valence-electron chi connectivity index (χ3n) is 2.31. The summed E-state index contributed by atoms with van der Waals surface area (Å²) in [7, 11) is 1.24. The zero-order chi connectivity index (χ0) is 15.3. The van der Waals surface area contributed by atoms with Gasteiger partial charge in [-0.1, -0.05) is 29.8 Å². The van der Waals surface area contributed by atoms with Crippen LogP contribution in [0.15, 0.2) is 24.3 Å². The third-order valence-corrected chi connectivity index (χ3v) is 2.66. The molecule has 0 bridgehead atoms. The zero-order valence-electron chi connectivity index (χ0n) is 11.9. The molecule has 1 unspecified atom stereocenters. The summed E-state index contributed by atoms with van der Waals surface area (Å²) in [4.78, 5) is 23.6. The minimum absolute atomic E-state index is 0.360. The molecule has 0 heterocycles. The summed E-state index contributed by atoms with van der Waals surface area (Å²) in [6, 6.07) is 5.70. The van der Waals surface area contributed by atoms with Gasteiger partial charge in [-0.2, -0.15) is 0 Å². The first-order valence-electron chi connectivity index (χ1n) is 6.06. The van der Waals surface area contributed by atoms with E-state index < -0.39 is 23.7 Å². The zero-order valence-corrected chi connectivity index (χ0v) is 12.7. The van der Waals surface area contributed by atoms with Crippen LogP contribution in [0.5, 0.6) is 0 Å². The molecular formula is C14H18ClNO4. The van der Waals surface area contributed by atoms with Crippen molar-refractivity contribution in [3.05, 3.63) is 34.9 Å². The van der Waals surface area contributed by atoms with Crippen molar-refractivity contribution in [2.75, 3.05) is 7.11 Å². The molecule has 1 N–H and O–H groups in total. The molecule has 6 heteroatoms. The van der Waals surface area contributed by atoms with E-state index in [9.17, 15) is 9.59 Å². The number of hydrogen-bond donors (Lipinski definition) is 1. The van der Waals surface area contributed by atoms with E-state index in [4.69, 9.17) is 16.3 Å². The van der Waals surface area contributed by atoms with Gasteiger partial charge in [-0.25, -0.2) is 9.59 Å². The molecule has 0 radical (unpaired) electrons. The van der Waals surface area contributed by atoms with E-state index in [0.29, 0.717) is 10.6 Å². The van der Waals surface area contributed by atoms with Crippen molar-refractivity contribution in [2.45, 2.75) is 32.4 Å². The topological polar surface area (TPSA) is 64.6 Å². The number of rotatable bonds is 3. The lowest BCUT2D eigenvalue weighted by Gasteiger charge is -2.23. The lowest BCUT2D eigenvalue weighted by atomic mass is 10.1. The predicted molar refractivity (Wildman–Crippen MR) is 75.6 cm³/mol. The average molecular weight is 300 g/mol. The highest BCUT2D eigenvalue weighted by Crippen LogP contribution is 2.24. The van der Waals surface area contributed by atoms with Gasteiger partial charge < -0.3 is 14.8 Å². The van der Waals surface area contributed by atoms with Crippen LogP contribution >= 0.6 is 11.6 Å². The molecule has 1 amide bonds. The van der Waals surface area contributed by atoms with Gasteiger partial charge in [0, 0.05) is 10.6 Å². The van der Waals surface area contributed by atoms with Gasteiger partial charge in [-0.15, -0.1) is 0 Å². The second-order valence-electron chi connectivity index (χ2n) is 5.12. The molecule has 0 fully saturated rings. The first kappa shape index (κ1) is 16.3. The Bertz CT molecular complexity index is 496. The number of carbonyl (C=O) groups is 2. The Morgan fingerprint density at radius 3 is 2.35 bits per heavy atom. The first-order valence-corrected chi connectivity index (χ1v) is 6.44. The molecule has 0 aliphatic rings. The summed E-state index contributed by atoms with van der Waals surface area (Å²) in [5, 5.41) is 2.82. The summed E-state index contributed by atoms with van der Waals surface area (Å²) < 4.78 is 9.81. The van der Waals surface area contributed by atoms with Crippen LogP contribution in [0.1, 0.15) is 32.4 Å². The highest BCUT2D eigenvalue weighted by Gasteiger charge is 2.27. The van der Waals surface area contributed by atoms with Crippen LogP contribution in [-0.2, 0) is 14.3 Å². The molecule has 1 aromatic rings. The molecule has 1 atom stereocenters.